The van der Waals surface area contributed by atoms with E-state index in [-0.39, 0.29) is 5.56 Å². The van der Waals surface area contributed by atoms with Crippen molar-refractivity contribution in [1.29, 1.82) is 0 Å². The molecule has 0 unspecified atom stereocenters. The smallest absolute Gasteiger partial charge is 0.282 e. The van der Waals surface area contributed by atoms with Gasteiger partial charge < -0.3 is 0 Å². The Morgan fingerprint density at radius 2 is 1.55 bits per heavy atom. The third-order valence-electron chi connectivity index (χ3n) is 2.68. The Balaban J connectivity index is 2.71. The van der Waals surface area contributed by atoms with Crippen LogP contribution in [0.1, 0.15) is 5.56 Å². The maximum Gasteiger partial charge on any atom is 0.417 e. The highest BCUT2D eigenvalue weighted by Crippen LogP contribution is 2.38. The topological polar surface area (TPSA) is 54.4 Å². The summed E-state index contributed by atoms with van der Waals surface area (Å²) in [5.41, 5.74) is -0.953. The number of alkyl halides is 3. The lowest BCUT2D eigenvalue weighted by atomic mass is 9.99. The molecular formula is C13H9F3O3S. The minimum atomic E-state index is -4.73. The Morgan fingerprint density at radius 3 is 2.05 bits per heavy atom. The van der Waals surface area contributed by atoms with Crippen molar-refractivity contribution in [3.8, 4) is 11.1 Å². The first-order valence-electron chi connectivity index (χ1n) is 5.44. The van der Waals surface area contributed by atoms with Crippen molar-refractivity contribution >= 4 is 10.1 Å². The van der Waals surface area contributed by atoms with Crippen molar-refractivity contribution in [1.82, 2.24) is 0 Å². The lowest BCUT2D eigenvalue weighted by Crippen LogP contribution is -2.09. The van der Waals surface area contributed by atoms with Gasteiger partial charge in [0.2, 0.25) is 0 Å². The van der Waals surface area contributed by atoms with Crippen LogP contribution in [0.15, 0.2) is 53.4 Å². The van der Waals surface area contributed by atoms with Crippen LogP contribution in [0.4, 0.5) is 13.2 Å². The molecule has 3 nitrogen and oxygen atoms in total. The van der Waals surface area contributed by atoms with E-state index in [2.05, 4.69) is 0 Å². The zero-order valence-electron chi connectivity index (χ0n) is 9.92. The van der Waals surface area contributed by atoms with Crippen molar-refractivity contribution in [3.63, 3.8) is 0 Å². The number of hydrogen-bond donors (Lipinski definition) is 1. The SMILES string of the molecule is O=S(=O)(O)c1ccc(-c2ccccc2)c(C(F)(F)F)c1. The second-order valence-electron chi connectivity index (χ2n) is 4.05. The van der Waals surface area contributed by atoms with E-state index in [9.17, 15) is 21.6 Å². The van der Waals surface area contributed by atoms with Crippen molar-refractivity contribution in [3.05, 3.63) is 54.1 Å². The van der Waals surface area contributed by atoms with Crippen LogP contribution in [-0.4, -0.2) is 13.0 Å². The molecule has 0 heterocycles. The van der Waals surface area contributed by atoms with E-state index in [1.54, 1.807) is 18.2 Å². The fourth-order valence-electron chi connectivity index (χ4n) is 1.79. The molecule has 20 heavy (non-hydrogen) atoms. The van der Waals surface area contributed by atoms with Crippen LogP contribution in [-0.2, 0) is 16.3 Å². The highest BCUT2D eigenvalue weighted by molar-refractivity contribution is 7.85. The van der Waals surface area contributed by atoms with Crippen LogP contribution in [0.3, 0.4) is 0 Å². The summed E-state index contributed by atoms with van der Waals surface area (Å²) in [7, 11) is -4.68. The predicted octanol–water partition coefficient (Wildman–Crippen LogP) is 3.62. The van der Waals surface area contributed by atoms with Gasteiger partial charge in [-0.15, -0.1) is 0 Å². The molecule has 0 aliphatic carbocycles. The van der Waals surface area contributed by atoms with E-state index in [0.717, 1.165) is 12.1 Å². The minimum absolute atomic E-state index is 0.148. The zero-order chi connectivity index (χ0) is 15.0. The fourth-order valence-corrected chi connectivity index (χ4v) is 2.29. The molecule has 0 radical (unpaired) electrons. The molecule has 0 spiro atoms. The van der Waals surface area contributed by atoms with E-state index < -0.39 is 26.8 Å². The van der Waals surface area contributed by atoms with Gasteiger partial charge in [0.25, 0.3) is 10.1 Å². The molecule has 0 aliphatic rings. The second kappa shape index (κ2) is 4.92. The summed E-state index contributed by atoms with van der Waals surface area (Å²) < 4.78 is 69.8. The monoisotopic (exact) mass is 302 g/mol. The summed E-state index contributed by atoms with van der Waals surface area (Å²) in [4.78, 5) is -0.787. The van der Waals surface area contributed by atoms with Crippen molar-refractivity contribution in [2.45, 2.75) is 11.1 Å². The summed E-state index contributed by atoms with van der Waals surface area (Å²) in [6.45, 7) is 0. The van der Waals surface area contributed by atoms with Crippen LogP contribution >= 0.6 is 0 Å². The number of benzene rings is 2. The maximum absolute atomic E-state index is 13.0. The van der Waals surface area contributed by atoms with Gasteiger partial charge in [-0.05, 0) is 23.3 Å². The van der Waals surface area contributed by atoms with Gasteiger partial charge in [0.05, 0.1) is 10.5 Å². The maximum atomic E-state index is 13.0. The molecule has 2 aromatic carbocycles. The molecule has 2 aromatic rings. The molecule has 0 aliphatic heterocycles. The van der Waals surface area contributed by atoms with Crippen LogP contribution < -0.4 is 0 Å². The number of halogens is 3. The van der Waals surface area contributed by atoms with Crippen LogP contribution in [0.2, 0.25) is 0 Å². The van der Waals surface area contributed by atoms with E-state index in [0.29, 0.717) is 11.6 Å². The predicted molar refractivity (Wildman–Crippen MR) is 66.7 cm³/mol. The molecule has 1 N–H and O–H groups in total. The van der Waals surface area contributed by atoms with Gasteiger partial charge in [0, 0.05) is 0 Å². The summed E-state index contributed by atoms with van der Waals surface area (Å²) in [5.74, 6) is 0. The largest absolute Gasteiger partial charge is 0.417 e. The Morgan fingerprint density at radius 1 is 0.950 bits per heavy atom. The Kier molecular flexibility index (Phi) is 3.58. The van der Waals surface area contributed by atoms with Crippen molar-refractivity contribution in [2.24, 2.45) is 0 Å². The lowest BCUT2D eigenvalue weighted by molar-refractivity contribution is -0.137. The van der Waals surface area contributed by atoms with Gasteiger partial charge in [-0.1, -0.05) is 36.4 Å². The first kappa shape index (κ1) is 14.5. The van der Waals surface area contributed by atoms with Crippen molar-refractivity contribution < 1.29 is 26.1 Å². The molecule has 0 amide bonds. The first-order chi connectivity index (χ1) is 9.19. The van der Waals surface area contributed by atoms with Crippen molar-refractivity contribution in [2.75, 3.05) is 0 Å². The van der Waals surface area contributed by atoms with E-state index >= 15 is 0 Å². The molecule has 0 saturated heterocycles. The molecule has 0 bridgehead atoms. The highest BCUT2D eigenvalue weighted by Gasteiger charge is 2.34. The summed E-state index contributed by atoms with van der Waals surface area (Å²) in [5, 5.41) is 0. The molecule has 106 valence electrons. The van der Waals surface area contributed by atoms with E-state index in [4.69, 9.17) is 4.55 Å². The lowest BCUT2D eigenvalue weighted by Gasteiger charge is -2.14. The van der Waals surface area contributed by atoms with Crippen LogP contribution in [0.25, 0.3) is 11.1 Å². The quantitative estimate of drug-likeness (QED) is 0.862. The highest BCUT2D eigenvalue weighted by atomic mass is 32.2. The zero-order valence-corrected chi connectivity index (χ0v) is 10.7. The van der Waals surface area contributed by atoms with Gasteiger partial charge in [-0.25, -0.2) is 0 Å². The summed E-state index contributed by atoms with van der Waals surface area (Å²) in [6.07, 6.45) is -4.73. The molecule has 2 rings (SSSR count). The second-order valence-corrected chi connectivity index (χ2v) is 5.47. The molecule has 7 heteroatoms. The van der Waals surface area contributed by atoms with Crippen LogP contribution in [0.5, 0.6) is 0 Å². The minimum Gasteiger partial charge on any atom is -0.282 e. The average Bonchev–Trinajstić information content (AvgIpc) is 2.37. The van der Waals surface area contributed by atoms with Gasteiger partial charge in [0.1, 0.15) is 0 Å². The van der Waals surface area contributed by atoms with Crippen LogP contribution in [0, 0.1) is 0 Å². The third kappa shape index (κ3) is 3.00. The van der Waals surface area contributed by atoms with E-state index in [1.165, 1.54) is 12.1 Å². The average molecular weight is 302 g/mol. The Labute approximate surface area is 113 Å². The molecule has 0 aromatic heterocycles. The normalized spacial score (nSPS) is 12.4. The fraction of sp³-hybridized carbons (Fsp3) is 0.0769. The summed E-state index contributed by atoms with van der Waals surface area (Å²) in [6, 6.07) is 10.2. The van der Waals surface area contributed by atoms with Gasteiger partial charge in [-0.2, -0.15) is 21.6 Å². The van der Waals surface area contributed by atoms with E-state index in [1.807, 2.05) is 0 Å². The molecule has 0 fully saturated rings. The number of hydrogen-bond acceptors (Lipinski definition) is 2. The third-order valence-corrected chi connectivity index (χ3v) is 3.53. The number of rotatable bonds is 2. The standard InChI is InChI=1S/C13H9F3O3S/c14-13(15,16)12-8-10(20(17,18)19)6-7-11(12)9-4-2-1-3-5-9/h1-8H,(H,17,18,19). The molecule has 0 saturated carbocycles. The molecule has 0 atom stereocenters. The van der Waals surface area contributed by atoms with Gasteiger partial charge in [-0.3, -0.25) is 4.55 Å². The van der Waals surface area contributed by atoms with Gasteiger partial charge >= 0.3 is 6.18 Å². The first-order valence-corrected chi connectivity index (χ1v) is 6.88. The van der Waals surface area contributed by atoms with Gasteiger partial charge in [0.15, 0.2) is 0 Å². The molecular weight excluding hydrogens is 293 g/mol. The Hall–Kier alpha value is -1.86. The Bertz CT molecular complexity index is 722. The summed E-state index contributed by atoms with van der Waals surface area (Å²) >= 11 is 0.